The van der Waals surface area contributed by atoms with Gasteiger partial charge >= 0.3 is 20.6 Å². The van der Waals surface area contributed by atoms with E-state index >= 15 is 0 Å². The van der Waals surface area contributed by atoms with Crippen molar-refractivity contribution in [3.63, 3.8) is 0 Å². The summed E-state index contributed by atoms with van der Waals surface area (Å²) in [5, 5.41) is 10.1. The highest BCUT2D eigenvalue weighted by Gasteiger charge is 2.56. The van der Waals surface area contributed by atoms with Gasteiger partial charge in [0.15, 0.2) is 0 Å². The molecule has 0 bridgehead atoms. The molecule has 0 amide bonds. The first-order valence-corrected chi connectivity index (χ1v) is 12.4. The van der Waals surface area contributed by atoms with E-state index in [9.17, 15) is 16.8 Å². The summed E-state index contributed by atoms with van der Waals surface area (Å²) in [5.74, 6) is 1.66. The van der Waals surface area contributed by atoms with E-state index in [0.29, 0.717) is 24.2 Å². The van der Waals surface area contributed by atoms with Crippen LogP contribution in [0.3, 0.4) is 0 Å². The maximum Gasteiger partial charge on any atom is 0.380 e. The average molecular weight is 431 g/mol. The molecule has 0 aliphatic heterocycles. The van der Waals surface area contributed by atoms with Crippen molar-refractivity contribution in [3.05, 3.63) is 35.6 Å². The average Bonchev–Trinajstić information content (AvgIpc) is 2.88. The van der Waals surface area contributed by atoms with Gasteiger partial charge in [0.05, 0.1) is 6.10 Å². The van der Waals surface area contributed by atoms with Gasteiger partial charge in [-0.15, -0.1) is 0 Å². The molecule has 156 valence electrons. The molecule has 8 nitrogen and oxygen atoms in total. The largest absolute Gasteiger partial charge is 0.380 e. The lowest BCUT2D eigenvalue weighted by atomic mass is 9.54. The predicted octanol–water partition coefficient (Wildman–Crippen LogP) is 1.64. The third-order valence-electron chi connectivity index (χ3n) is 7.12. The summed E-state index contributed by atoms with van der Waals surface area (Å²) in [6.45, 7) is 2.13. The third-order valence-corrected chi connectivity index (χ3v) is 8.04. The Labute approximate surface area is 166 Å². The van der Waals surface area contributed by atoms with Gasteiger partial charge in [-0.3, -0.25) is 4.18 Å². The van der Waals surface area contributed by atoms with Crippen LogP contribution < -0.4 is 10.3 Å². The van der Waals surface area contributed by atoms with Crippen LogP contribution in [0.15, 0.2) is 35.6 Å². The molecule has 10 heteroatoms. The van der Waals surface area contributed by atoms with E-state index in [4.69, 9.17) is 18.6 Å². The van der Waals surface area contributed by atoms with Crippen LogP contribution in [0, 0.1) is 29.1 Å². The summed E-state index contributed by atoms with van der Waals surface area (Å²) in [7, 11) is -8.02. The van der Waals surface area contributed by atoms with Crippen LogP contribution in [-0.4, -0.2) is 22.9 Å². The van der Waals surface area contributed by atoms with Crippen LogP contribution in [-0.2, 0) is 29.0 Å². The van der Waals surface area contributed by atoms with E-state index in [1.165, 1.54) is 0 Å². The molecule has 0 spiro atoms. The Morgan fingerprint density at radius 1 is 1.07 bits per heavy atom. The zero-order chi connectivity index (χ0) is 20.3. The lowest BCUT2D eigenvalue weighted by molar-refractivity contribution is -0.0283. The topological polar surface area (TPSA) is 139 Å². The van der Waals surface area contributed by atoms with E-state index in [2.05, 4.69) is 13.0 Å². The van der Waals surface area contributed by atoms with E-state index in [0.717, 1.165) is 31.3 Å². The molecule has 0 heterocycles. The van der Waals surface area contributed by atoms with Crippen molar-refractivity contribution in [1.82, 2.24) is 0 Å². The molecule has 6 atom stereocenters. The Morgan fingerprint density at radius 3 is 2.50 bits per heavy atom. The van der Waals surface area contributed by atoms with Crippen molar-refractivity contribution in [2.75, 3.05) is 0 Å². The maximum atomic E-state index is 11.5. The normalized spacial score (nSPS) is 40.0. The molecular formula is C18H26N2O6S2. The van der Waals surface area contributed by atoms with Crippen LogP contribution in [0.4, 0.5) is 0 Å². The first-order chi connectivity index (χ1) is 13.0. The Kier molecular flexibility index (Phi) is 4.78. The molecule has 4 aliphatic rings. The molecule has 1 unspecified atom stereocenters. The van der Waals surface area contributed by atoms with Gasteiger partial charge in [0.2, 0.25) is 0 Å². The molecule has 0 aromatic rings. The molecule has 4 aliphatic carbocycles. The zero-order valence-electron chi connectivity index (χ0n) is 15.7. The van der Waals surface area contributed by atoms with Gasteiger partial charge in [-0.1, -0.05) is 19.1 Å². The second-order valence-electron chi connectivity index (χ2n) is 8.58. The number of allylic oxidation sites excluding steroid dienone is 5. The van der Waals surface area contributed by atoms with Gasteiger partial charge < -0.3 is 4.18 Å². The van der Waals surface area contributed by atoms with Crippen molar-refractivity contribution in [2.24, 2.45) is 39.4 Å². The summed E-state index contributed by atoms with van der Waals surface area (Å²) < 4.78 is 55.3. The van der Waals surface area contributed by atoms with Gasteiger partial charge in [-0.25, -0.2) is 5.14 Å². The standard InChI is InChI=1S/C18H26N2O6S2/c1-18-9-8-14-13-5-3-12(25-27(19,21)22)10-11(13)2-4-15(14)16(18)6-7-17(18)26-28(20,23)24/h2-3,5,10,13-17H,4,6-9H2,1H3,(H2,19,21,22)(H2,20,23,24)/t13-,14+,15+,16-,17?,18-/m0/s1. The van der Waals surface area contributed by atoms with Gasteiger partial charge in [0.1, 0.15) is 5.76 Å². The van der Waals surface area contributed by atoms with E-state index in [-0.39, 0.29) is 23.2 Å². The summed E-state index contributed by atoms with van der Waals surface area (Å²) in [4.78, 5) is 0. The van der Waals surface area contributed by atoms with Crippen LogP contribution >= 0.6 is 0 Å². The van der Waals surface area contributed by atoms with E-state index in [1.54, 1.807) is 12.2 Å². The van der Waals surface area contributed by atoms with E-state index < -0.39 is 20.6 Å². The second kappa shape index (κ2) is 6.66. The minimum absolute atomic E-state index is 0.199. The Morgan fingerprint density at radius 2 is 1.82 bits per heavy atom. The number of nitrogens with two attached hydrogens (primary N) is 2. The zero-order valence-corrected chi connectivity index (χ0v) is 17.3. The molecule has 4 N–H and O–H groups in total. The summed E-state index contributed by atoms with van der Waals surface area (Å²) in [6.07, 6.45) is 11.5. The molecule has 0 saturated heterocycles. The van der Waals surface area contributed by atoms with Gasteiger partial charge in [-0.05, 0) is 73.0 Å². The molecule has 0 aromatic carbocycles. The molecular weight excluding hydrogens is 404 g/mol. The Bertz CT molecular complexity index is 968. The third kappa shape index (κ3) is 3.68. The number of fused-ring (bicyclic) bond motifs is 5. The lowest BCUT2D eigenvalue weighted by Crippen LogP contribution is -2.47. The number of hydrogen-bond acceptors (Lipinski definition) is 6. The lowest BCUT2D eigenvalue weighted by Gasteiger charge is -2.51. The number of hydrogen-bond donors (Lipinski definition) is 2. The highest BCUT2D eigenvalue weighted by molar-refractivity contribution is 7.84. The van der Waals surface area contributed by atoms with Gasteiger partial charge in [-0.2, -0.15) is 22.0 Å². The summed E-state index contributed by atoms with van der Waals surface area (Å²) in [6, 6.07) is 0. The highest BCUT2D eigenvalue weighted by Crippen LogP contribution is 2.61. The Hall–Kier alpha value is -1.20. The molecule has 0 aromatic heterocycles. The minimum atomic E-state index is -4.05. The molecule has 2 saturated carbocycles. The second-order valence-corrected chi connectivity index (χ2v) is 10.9. The van der Waals surface area contributed by atoms with Crippen LogP contribution in [0.2, 0.25) is 0 Å². The van der Waals surface area contributed by atoms with E-state index in [1.807, 2.05) is 6.08 Å². The van der Waals surface area contributed by atoms with Crippen molar-refractivity contribution in [3.8, 4) is 0 Å². The fourth-order valence-electron chi connectivity index (χ4n) is 6.03. The van der Waals surface area contributed by atoms with Crippen molar-refractivity contribution >= 4 is 20.6 Å². The van der Waals surface area contributed by atoms with Gasteiger partial charge in [0.25, 0.3) is 0 Å². The Balaban J connectivity index is 1.57. The minimum Gasteiger partial charge on any atom is -0.371 e. The summed E-state index contributed by atoms with van der Waals surface area (Å²) in [5.41, 5.74) is 0.857. The predicted molar refractivity (Wildman–Crippen MR) is 103 cm³/mol. The van der Waals surface area contributed by atoms with Crippen LogP contribution in [0.5, 0.6) is 0 Å². The van der Waals surface area contributed by atoms with Crippen molar-refractivity contribution in [2.45, 2.75) is 45.1 Å². The van der Waals surface area contributed by atoms with Crippen molar-refractivity contribution in [1.29, 1.82) is 0 Å². The first-order valence-electron chi connectivity index (χ1n) is 9.49. The quantitative estimate of drug-likeness (QED) is 0.695. The first kappa shape index (κ1) is 20.1. The molecule has 4 rings (SSSR count). The molecule has 0 radical (unpaired) electrons. The fraction of sp³-hybridized carbons (Fsp3) is 0.667. The smallest absolute Gasteiger partial charge is 0.371 e. The summed E-state index contributed by atoms with van der Waals surface area (Å²) >= 11 is 0. The number of rotatable bonds is 4. The van der Waals surface area contributed by atoms with Gasteiger partial charge in [0, 0.05) is 5.92 Å². The van der Waals surface area contributed by atoms with Crippen LogP contribution in [0.1, 0.15) is 39.0 Å². The van der Waals surface area contributed by atoms with Crippen LogP contribution in [0.25, 0.3) is 0 Å². The maximum absolute atomic E-state index is 11.5. The highest BCUT2D eigenvalue weighted by atomic mass is 32.2. The SMILES string of the molecule is C[C@]12CC[C@H]3[C@@H](CC=C4C=C(OS(N)(=O)=O)C=C[C@@H]43)[C@@H]1CCC2OS(N)(=O)=O. The fourth-order valence-corrected chi connectivity index (χ4v) is 7.05. The van der Waals surface area contributed by atoms with Crippen molar-refractivity contribution < 1.29 is 25.2 Å². The molecule has 2 fully saturated rings. The monoisotopic (exact) mass is 430 g/mol. The molecule has 28 heavy (non-hydrogen) atoms.